The summed E-state index contributed by atoms with van der Waals surface area (Å²) in [6, 6.07) is 15.8. The Morgan fingerprint density at radius 3 is 2.66 bits per heavy atom. The summed E-state index contributed by atoms with van der Waals surface area (Å²) in [4.78, 5) is 40.7. The molecule has 4 rings (SSSR count). The fraction of sp³-hybridized carbons (Fsp3) is 0.393. The highest BCUT2D eigenvalue weighted by Crippen LogP contribution is 2.24. The fourth-order valence-electron chi connectivity index (χ4n) is 4.94. The highest BCUT2D eigenvalue weighted by Gasteiger charge is 2.32. The van der Waals surface area contributed by atoms with Crippen LogP contribution in [0.3, 0.4) is 0 Å². The van der Waals surface area contributed by atoms with Gasteiger partial charge in [0, 0.05) is 38.5 Å². The van der Waals surface area contributed by atoms with E-state index in [0.717, 1.165) is 22.0 Å². The number of carbonyl (C=O) groups excluding carboxylic acids is 2. The van der Waals surface area contributed by atoms with Crippen molar-refractivity contribution in [3.63, 3.8) is 0 Å². The van der Waals surface area contributed by atoms with E-state index in [9.17, 15) is 14.4 Å². The number of piperidine rings is 1. The van der Waals surface area contributed by atoms with Crippen molar-refractivity contribution < 1.29 is 19.1 Å². The molecule has 3 aromatic rings. The maximum Gasteiger partial charge on any atom is 0.310 e. The molecule has 1 aliphatic heterocycles. The molecule has 1 fully saturated rings. The Kier molecular flexibility index (Phi) is 7.66. The number of hydrogen-bond acceptors (Lipinski definition) is 5. The van der Waals surface area contributed by atoms with Crippen molar-refractivity contribution in [1.82, 2.24) is 9.47 Å². The van der Waals surface area contributed by atoms with Gasteiger partial charge in [-0.15, -0.1) is 0 Å². The molecule has 1 saturated heterocycles. The molecule has 0 radical (unpaired) electrons. The molecule has 0 spiro atoms. The molecule has 0 N–H and O–H groups in total. The molecule has 0 aliphatic carbocycles. The summed E-state index contributed by atoms with van der Waals surface area (Å²) in [6.07, 6.45) is 1.36. The number of nitrogens with zero attached hydrogens (tertiary/aromatic N) is 2. The molecule has 2 aromatic carbocycles. The highest BCUT2D eigenvalue weighted by atomic mass is 16.5. The van der Waals surface area contributed by atoms with Crippen molar-refractivity contribution in [2.75, 3.05) is 26.8 Å². The number of esters is 1. The normalized spacial score (nSPS) is 15.9. The van der Waals surface area contributed by atoms with Crippen LogP contribution in [0.2, 0.25) is 0 Å². The standard InChI is InChI=1S/C28H32N2O5/c1-4-35-28(33)22-12-8-14-29(16-22)27(32)26-24(18-34-3)30(19(2)15-25(26)31)17-21-11-7-10-20-9-5-6-13-23(20)21/h5-7,9-11,13,15,22H,4,8,12,14,16-18H2,1-3H3/t22-/m0/s1. The number of likely N-dealkylation sites (tertiary alicyclic amines) is 1. The van der Waals surface area contributed by atoms with E-state index >= 15 is 0 Å². The number of aromatic nitrogens is 1. The van der Waals surface area contributed by atoms with Gasteiger partial charge in [-0.3, -0.25) is 14.4 Å². The second-order valence-corrected chi connectivity index (χ2v) is 8.97. The van der Waals surface area contributed by atoms with Crippen LogP contribution in [-0.2, 0) is 27.4 Å². The minimum Gasteiger partial charge on any atom is -0.466 e. The van der Waals surface area contributed by atoms with Gasteiger partial charge in [-0.25, -0.2) is 0 Å². The topological polar surface area (TPSA) is 77.8 Å². The minimum atomic E-state index is -0.373. The Balaban J connectivity index is 1.74. The van der Waals surface area contributed by atoms with E-state index in [1.54, 1.807) is 18.9 Å². The van der Waals surface area contributed by atoms with E-state index in [0.29, 0.717) is 38.2 Å². The molecule has 1 aromatic heterocycles. The summed E-state index contributed by atoms with van der Waals surface area (Å²) >= 11 is 0. The number of aryl methyl sites for hydroxylation is 1. The van der Waals surface area contributed by atoms with E-state index in [1.165, 1.54) is 6.07 Å². The average molecular weight is 477 g/mol. The zero-order chi connectivity index (χ0) is 24.9. The first kappa shape index (κ1) is 24.7. The molecule has 0 unspecified atom stereocenters. The summed E-state index contributed by atoms with van der Waals surface area (Å²) in [5.41, 5.74) is 2.18. The van der Waals surface area contributed by atoms with Gasteiger partial charge in [-0.1, -0.05) is 42.5 Å². The van der Waals surface area contributed by atoms with Crippen LogP contribution in [0.1, 0.15) is 47.1 Å². The maximum atomic E-state index is 13.7. The number of hydrogen-bond donors (Lipinski definition) is 0. The molecule has 7 nitrogen and oxygen atoms in total. The van der Waals surface area contributed by atoms with Gasteiger partial charge in [-0.05, 0) is 43.0 Å². The lowest BCUT2D eigenvalue weighted by molar-refractivity contribution is -0.149. The van der Waals surface area contributed by atoms with Crippen molar-refractivity contribution in [3.8, 4) is 0 Å². The summed E-state index contributed by atoms with van der Waals surface area (Å²) in [7, 11) is 1.56. The lowest BCUT2D eigenvalue weighted by Gasteiger charge is -2.32. The smallest absolute Gasteiger partial charge is 0.310 e. The molecule has 1 atom stereocenters. The second-order valence-electron chi connectivity index (χ2n) is 8.97. The summed E-state index contributed by atoms with van der Waals surface area (Å²) in [5, 5.41) is 2.25. The van der Waals surface area contributed by atoms with Crippen molar-refractivity contribution in [2.45, 2.75) is 39.8 Å². The van der Waals surface area contributed by atoms with Gasteiger partial charge in [-0.2, -0.15) is 0 Å². The lowest BCUT2D eigenvalue weighted by atomic mass is 9.97. The summed E-state index contributed by atoms with van der Waals surface area (Å²) < 4.78 is 12.6. The molecular weight excluding hydrogens is 444 g/mol. The molecule has 0 bridgehead atoms. The van der Waals surface area contributed by atoms with Gasteiger partial charge < -0.3 is 18.9 Å². The molecule has 1 amide bonds. The first-order valence-electron chi connectivity index (χ1n) is 12.1. The van der Waals surface area contributed by atoms with Gasteiger partial charge >= 0.3 is 5.97 Å². The van der Waals surface area contributed by atoms with E-state index in [4.69, 9.17) is 9.47 Å². The molecule has 35 heavy (non-hydrogen) atoms. The monoisotopic (exact) mass is 476 g/mol. The molecule has 0 saturated carbocycles. The Hall–Kier alpha value is -3.45. The third-order valence-corrected chi connectivity index (χ3v) is 6.66. The SMILES string of the molecule is CCOC(=O)[C@H]1CCCN(C(=O)c2c(COC)n(Cc3cccc4ccccc34)c(C)cc2=O)C1. The minimum absolute atomic E-state index is 0.113. The van der Waals surface area contributed by atoms with Crippen molar-refractivity contribution >= 4 is 22.6 Å². The van der Waals surface area contributed by atoms with Crippen molar-refractivity contribution in [1.29, 1.82) is 0 Å². The number of amides is 1. The number of methoxy groups -OCH3 is 1. The van der Waals surface area contributed by atoms with Gasteiger partial charge in [0.15, 0.2) is 5.43 Å². The first-order chi connectivity index (χ1) is 16.9. The van der Waals surface area contributed by atoms with Gasteiger partial charge in [0.2, 0.25) is 0 Å². The number of pyridine rings is 1. The number of ether oxygens (including phenoxy) is 2. The van der Waals surface area contributed by atoms with Crippen molar-refractivity contribution in [3.05, 3.63) is 81.3 Å². The average Bonchev–Trinajstić information content (AvgIpc) is 2.86. The molecule has 2 heterocycles. The first-order valence-corrected chi connectivity index (χ1v) is 12.1. The Labute approximate surface area is 205 Å². The quantitative estimate of drug-likeness (QED) is 0.483. The summed E-state index contributed by atoms with van der Waals surface area (Å²) in [5.74, 6) is -1.02. The predicted molar refractivity (Wildman–Crippen MR) is 134 cm³/mol. The van der Waals surface area contributed by atoms with Crippen LogP contribution in [0.4, 0.5) is 0 Å². The molecule has 7 heteroatoms. The van der Waals surface area contributed by atoms with Crippen LogP contribution in [0, 0.1) is 12.8 Å². The van der Waals surface area contributed by atoms with E-state index in [2.05, 4.69) is 24.3 Å². The van der Waals surface area contributed by atoms with Crippen LogP contribution in [0.15, 0.2) is 53.3 Å². The number of benzene rings is 2. The summed E-state index contributed by atoms with van der Waals surface area (Å²) in [6.45, 7) is 5.31. The van der Waals surface area contributed by atoms with E-state index in [-0.39, 0.29) is 41.9 Å². The van der Waals surface area contributed by atoms with Crippen molar-refractivity contribution in [2.24, 2.45) is 5.92 Å². The van der Waals surface area contributed by atoms with Gasteiger partial charge in [0.05, 0.1) is 24.8 Å². The maximum absolute atomic E-state index is 13.7. The molecule has 1 aliphatic rings. The second kappa shape index (κ2) is 10.9. The Morgan fingerprint density at radius 2 is 1.89 bits per heavy atom. The third kappa shape index (κ3) is 5.15. The van der Waals surface area contributed by atoms with E-state index < -0.39 is 0 Å². The number of rotatable bonds is 7. The zero-order valence-corrected chi connectivity index (χ0v) is 20.6. The van der Waals surface area contributed by atoms with Crippen LogP contribution >= 0.6 is 0 Å². The van der Waals surface area contributed by atoms with Crippen LogP contribution in [0.25, 0.3) is 10.8 Å². The Morgan fingerprint density at radius 1 is 1.11 bits per heavy atom. The highest BCUT2D eigenvalue weighted by molar-refractivity contribution is 5.95. The molecular formula is C28H32N2O5. The largest absolute Gasteiger partial charge is 0.466 e. The van der Waals surface area contributed by atoms with Crippen LogP contribution < -0.4 is 5.43 Å². The fourth-order valence-corrected chi connectivity index (χ4v) is 4.94. The van der Waals surface area contributed by atoms with E-state index in [1.807, 2.05) is 29.7 Å². The molecule has 184 valence electrons. The van der Waals surface area contributed by atoms with Crippen LogP contribution in [-0.4, -0.2) is 48.1 Å². The Bertz CT molecular complexity index is 1290. The van der Waals surface area contributed by atoms with Crippen LogP contribution in [0.5, 0.6) is 0 Å². The number of carbonyl (C=O) groups is 2. The number of fused-ring (bicyclic) bond motifs is 1. The predicted octanol–water partition coefficient (Wildman–Crippen LogP) is 3.92. The third-order valence-electron chi connectivity index (χ3n) is 6.66. The van der Waals surface area contributed by atoms with Gasteiger partial charge in [0.1, 0.15) is 5.56 Å². The lowest BCUT2D eigenvalue weighted by Crippen LogP contribution is -2.45. The van der Waals surface area contributed by atoms with Gasteiger partial charge in [0.25, 0.3) is 5.91 Å². The zero-order valence-electron chi connectivity index (χ0n) is 20.6.